The SMILES string of the molecule is N#CCc1cc(I)c(OC(F)(F)F)nc1[N+](=O)[O-]. The molecule has 0 bridgehead atoms. The monoisotopic (exact) mass is 373 g/mol. The van der Waals surface area contributed by atoms with Crippen molar-refractivity contribution >= 4 is 28.4 Å². The second kappa shape index (κ2) is 5.34. The van der Waals surface area contributed by atoms with Gasteiger partial charge in [-0.1, -0.05) is 0 Å². The predicted octanol–water partition coefficient (Wildman–Crippen LogP) is 2.56. The molecule has 0 aliphatic carbocycles. The lowest BCUT2D eigenvalue weighted by Gasteiger charge is -2.07. The van der Waals surface area contributed by atoms with Crippen LogP contribution in [0.15, 0.2) is 6.07 Å². The molecule has 1 aromatic heterocycles. The Labute approximate surface area is 112 Å². The quantitative estimate of drug-likeness (QED) is 0.462. The molecule has 1 aromatic rings. The largest absolute Gasteiger partial charge is 0.575 e. The van der Waals surface area contributed by atoms with Crippen molar-refractivity contribution in [3.05, 3.63) is 25.3 Å². The number of hydrogen-bond donors (Lipinski definition) is 0. The Bertz CT molecular complexity index is 527. The Morgan fingerprint density at radius 3 is 2.67 bits per heavy atom. The van der Waals surface area contributed by atoms with E-state index >= 15 is 0 Å². The molecular weight excluding hydrogens is 370 g/mol. The predicted molar refractivity (Wildman–Crippen MR) is 59.6 cm³/mol. The molecular formula is C8H3F3IN3O3. The summed E-state index contributed by atoms with van der Waals surface area (Å²) in [5.41, 5.74) is -0.0681. The van der Waals surface area contributed by atoms with E-state index in [1.807, 2.05) is 0 Å². The van der Waals surface area contributed by atoms with Crippen LogP contribution in [0.1, 0.15) is 5.56 Å². The van der Waals surface area contributed by atoms with Crippen LogP contribution in [-0.4, -0.2) is 16.3 Å². The normalized spacial score (nSPS) is 10.8. The van der Waals surface area contributed by atoms with E-state index in [4.69, 9.17) is 5.26 Å². The number of nitrogens with zero attached hydrogens (tertiary/aromatic N) is 3. The van der Waals surface area contributed by atoms with Crippen molar-refractivity contribution in [3.63, 3.8) is 0 Å². The number of alkyl halides is 3. The Hall–Kier alpha value is -1.64. The highest BCUT2D eigenvalue weighted by atomic mass is 127. The summed E-state index contributed by atoms with van der Waals surface area (Å²) in [6, 6.07) is 2.73. The first kappa shape index (κ1) is 14.4. The second-order valence-electron chi connectivity index (χ2n) is 2.90. The van der Waals surface area contributed by atoms with Gasteiger partial charge in [-0.2, -0.15) is 5.26 Å². The Morgan fingerprint density at radius 2 is 2.22 bits per heavy atom. The molecule has 0 amide bonds. The first-order chi connectivity index (χ1) is 8.24. The molecule has 0 N–H and O–H groups in total. The minimum absolute atomic E-state index is 0.0681. The zero-order valence-electron chi connectivity index (χ0n) is 8.36. The van der Waals surface area contributed by atoms with Gasteiger partial charge in [-0.05, 0) is 33.6 Å². The molecule has 6 nitrogen and oxygen atoms in total. The lowest BCUT2D eigenvalue weighted by Crippen LogP contribution is -2.19. The van der Waals surface area contributed by atoms with Gasteiger partial charge in [0, 0.05) is 4.98 Å². The van der Waals surface area contributed by atoms with Crippen LogP contribution >= 0.6 is 22.6 Å². The fourth-order valence-corrected chi connectivity index (χ4v) is 1.66. The lowest BCUT2D eigenvalue weighted by atomic mass is 10.2. The van der Waals surface area contributed by atoms with E-state index in [0.29, 0.717) is 0 Å². The van der Waals surface area contributed by atoms with Crippen LogP contribution in [0.4, 0.5) is 19.0 Å². The van der Waals surface area contributed by atoms with Crippen molar-refractivity contribution in [2.45, 2.75) is 12.8 Å². The van der Waals surface area contributed by atoms with Crippen LogP contribution in [0, 0.1) is 25.0 Å². The molecule has 0 unspecified atom stereocenters. The van der Waals surface area contributed by atoms with Gasteiger partial charge in [0.1, 0.15) is 3.57 Å². The summed E-state index contributed by atoms with van der Waals surface area (Å²) in [6.07, 6.45) is -5.32. The third-order valence-corrected chi connectivity index (χ3v) is 2.43. The number of hydrogen-bond acceptors (Lipinski definition) is 5. The summed E-state index contributed by atoms with van der Waals surface area (Å²) in [5.74, 6) is -1.73. The van der Waals surface area contributed by atoms with E-state index < -0.39 is 23.0 Å². The highest BCUT2D eigenvalue weighted by Crippen LogP contribution is 2.30. The maximum Gasteiger partial charge on any atom is 0.575 e. The molecule has 0 atom stereocenters. The maximum atomic E-state index is 12.0. The summed E-state index contributed by atoms with van der Waals surface area (Å²) in [7, 11) is 0. The van der Waals surface area contributed by atoms with Gasteiger partial charge >= 0.3 is 18.1 Å². The zero-order valence-corrected chi connectivity index (χ0v) is 10.5. The van der Waals surface area contributed by atoms with Crippen molar-refractivity contribution in [1.82, 2.24) is 4.98 Å². The van der Waals surface area contributed by atoms with Crippen molar-refractivity contribution < 1.29 is 22.8 Å². The number of ether oxygens (including phenoxy) is 1. The molecule has 18 heavy (non-hydrogen) atoms. The lowest BCUT2D eigenvalue weighted by molar-refractivity contribution is -0.390. The van der Waals surface area contributed by atoms with Gasteiger partial charge in [-0.15, -0.1) is 13.2 Å². The Kier molecular flexibility index (Phi) is 4.28. The van der Waals surface area contributed by atoms with Gasteiger partial charge < -0.3 is 14.9 Å². The first-order valence-electron chi connectivity index (χ1n) is 4.21. The van der Waals surface area contributed by atoms with E-state index in [-0.39, 0.29) is 15.6 Å². The van der Waals surface area contributed by atoms with E-state index in [9.17, 15) is 23.3 Å². The molecule has 10 heteroatoms. The summed E-state index contributed by atoms with van der Waals surface area (Å²) < 4.78 is 39.5. The standard InChI is InChI=1S/C8H3F3IN3O3/c9-8(10,11)18-7-5(12)3-4(1-2-13)6(14-7)15(16)17/h3H,1H2. The van der Waals surface area contributed by atoms with E-state index in [1.54, 1.807) is 6.07 Å². The molecule has 0 saturated carbocycles. The molecule has 0 aromatic carbocycles. The number of aromatic nitrogens is 1. The molecule has 1 rings (SSSR count). The minimum atomic E-state index is -4.99. The Morgan fingerprint density at radius 1 is 1.61 bits per heavy atom. The van der Waals surface area contributed by atoms with Crippen molar-refractivity contribution in [1.29, 1.82) is 5.26 Å². The van der Waals surface area contributed by atoms with Crippen molar-refractivity contribution in [3.8, 4) is 11.9 Å². The van der Waals surface area contributed by atoms with E-state index in [0.717, 1.165) is 6.07 Å². The van der Waals surface area contributed by atoms with Gasteiger partial charge in [0.05, 0.1) is 18.1 Å². The number of nitro groups is 1. The topological polar surface area (TPSA) is 89.0 Å². The van der Waals surface area contributed by atoms with Crippen LogP contribution in [0.2, 0.25) is 0 Å². The van der Waals surface area contributed by atoms with Crippen molar-refractivity contribution in [2.75, 3.05) is 0 Å². The number of rotatable bonds is 3. The number of halogens is 4. The minimum Gasteiger partial charge on any atom is -0.366 e. The Balaban J connectivity index is 3.28. The summed E-state index contributed by atoms with van der Waals surface area (Å²) in [6.45, 7) is 0. The van der Waals surface area contributed by atoms with Crippen LogP contribution in [0.3, 0.4) is 0 Å². The molecule has 0 spiro atoms. The molecule has 0 fully saturated rings. The third-order valence-electron chi connectivity index (χ3n) is 1.65. The molecule has 0 aliphatic heterocycles. The highest BCUT2D eigenvalue weighted by molar-refractivity contribution is 14.1. The van der Waals surface area contributed by atoms with Crippen LogP contribution in [0.25, 0.3) is 0 Å². The van der Waals surface area contributed by atoms with E-state index in [1.165, 1.54) is 22.6 Å². The molecule has 0 saturated heterocycles. The summed E-state index contributed by atoms with van der Waals surface area (Å²) in [4.78, 5) is 12.8. The van der Waals surface area contributed by atoms with Crippen LogP contribution in [-0.2, 0) is 6.42 Å². The summed E-state index contributed by atoms with van der Waals surface area (Å²) in [5, 5.41) is 19.1. The van der Waals surface area contributed by atoms with Gasteiger partial charge in [-0.25, -0.2) is 0 Å². The first-order valence-corrected chi connectivity index (χ1v) is 5.29. The molecule has 0 radical (unpaired) electrons. The van der Waals surface area contributed by atoms with Gasteiger partial charge in [-0.3, -0.25) is 0 Å². The maximum absolute atomic E-state index is 12.0. The smallest absolute Gasteiger partial charge is 0.366 e. The second-order valence-corrected chi connectivity index (χ2v) is 4.06. The summed E-state index contributed by atoms with van der Waals surface area (Å²) >= 11 is 1.49. The zero-order chi connectivity index (χ0) is 13.9. The van der Waals surface area contributed by atoms with Crippen LogP contribution < -0.4 is 4.74 Å². The van der Waals surface area contributed by atoms with Crippen LogP contribution in [0.5, 0.6) is 5.88 Å². The average Bonchev–Trinajstić information content (AvgIpc) is 2.20. The number of nitriles is 1. The fraction of sp³-hybridized carbons (Fsp3) is 0.250. The third kappa shape index (κ3) is 3.69. The highest BCUT2D eigenvalue weighted by Gasteiger charge is 2.36. The molecule has 0 aliphatic rings. The average molecular weight is 373 g/mol. The van der Waals surface area contributed by atoms with Gasteiger partial charge in [0.2, 0.25) is 0 Å². The van der Waals surface area contributed by atoms with Crippen molar-refractivity contribution in [2.24, 2.45) is 0 Å². The molecule has 96 valence electrons. The fourth-order valence-electron chi connectivity index (χ4n) is 1.06. The van der Waals surface area contributed by atoms with Gasteiger partial charge in [0.25, 0.3) is 0 Å². The van der Waals surface area contributed by atoms with E-state index in [2.05, 4.69) is 9.72 Å². The van der Waals surface area contributed by atoms with Gasteiger partial charge in [0.15, 0.2) is 0 Å². The molecule has 1 heterocycles. The number of pyridine rings is 1.